The summed E-state index contributed by atoms with van der Waals surface area (Å²) in [6.07, 6.45) is 3.91. The predicted molar refractivity (Wildman–Crippen MR) is 84.8 cm³/mol. The molecule has 1 saturated heterocycles. The van der Waals surface area contributed by atoms with Crippen LogP contribution in [0, 0.1) is 19.8 Å². The first-order valence-corrected chi connectivity index (χ1v) is 8.39. The van der Waals surface area contributed by atoms with Gasteiger partial charge >= 0.3 is 0 Å². The molecule has 2 N–H and O–H groups in total. The van der Waals surface area contributed by atoms with Crippen LogP contribution in [0.25, 0.3) is 0 Å². The Morgan fingerprint density at radius 3 is 2.63 bits per heavy atom. The summed E-state index contributed by atoms with van der Waals surface area (Å²) in [5.74, 6) is 0.609. The van der Waals surface area contributed by atoms with Crippen molar-refractivity contribution >= 4 is 11.3 Å². The van der Waals surface area contributed by atoms with E-state index in [2.05, 4.69) is 38.7 Å². The van der Waals surface area contributed by atoms with Gasteiger partial charge in [0, 0.05) is 21.8 Å². The lowest BCUT2D eigenvalue weighted by Crippen LogP contribution is -2.40. The van der Waals surface area contributed by atoms with Gasteiger partial charge in [-0.2, -0.15) is 0 Å². The highest BCUT2D eigenvalue weighted by atomic mass is 32.1. The average Bonchev–Trinajstić information content (AvgIpc) is 2.59. The monoisotopic (exact) mass is 280 g/mol. The number of hydrogen-bond donors (Lipinski definition) is 1. The molecule has 1 aliphatic rings. The fraction of sp³-hybridized carbons (Fsp3) is 0.750. The SMILES string of the molecule is Cc1cc(C2C(CN)CCCCN2C(C)C)c(C)s1. The molecular weight excluding hydrogens is 252 g/mol. The van der Waals surface area contributed by atoms with Gasteiger partial charge in [-0.05, 0) is 71.2 Å². The smallest absolute Gasteiger partial charge is 0.0402 e. The molecule has 19 heavy (non-hydrogen) atoms. The van der Waals surface area contributed by atoms with E-state index in [1.807, 2.05) is 11.3 Å². The van der Waals surface area contributed by atoms with Gasteiger partial charge in [-0.25, -0.2) is 0 Å². The predicted octanol–water partition coefficient (Wildman–Crippen LogP) is 3.88. The van der Waals surface area contributed by atoms with Crippen LogP contribution >= 0.6 is 11.3 Å². The second kappa shape index (κ2) is 6.38. The van der Waals surface area contributed by atoms with E-state index >= 15 is 0 Å². The summed E-state index contributed by atoms with van der Waals surface area (Å²) < 4.78 is 0. The van der Waals surface area contributed by atoms with Crippen LogP contribution in [0.2, 0.25) is 0 Å². The van der Waals surface area contributed by atoms with Crippen LogP contribution in [0.15, 0.2) is 6.07 Å². The van der Waals surface area contributed by atoms with E-state index in [0.717, 1.165) is 6.54 Å². The maximum atomic E-state index is 6.10. The Morgan fingerprint density at radius 2 is 2.11 bits per heavy atom. The minimum absolute atomic E-state index is 0.525. The quantitative estimate of drug-likeness (QED) is 0.910. The zero-order valence-electron chi connectivity index (χ0n) is 12.8. The molecular formula is C16H28N2S. The summed E-state index contributed by atoms with van der Waals surface area (Å²) in [4.78, 5) is 5.59. The lowest BCUT2D eigenvalue weighted by Gasteiger charge is -2.37. The molecule has 0 spiro atoms. The zero-order valence-corrected chi connectivity index (χ0v) is 13.6. The van der Waals surface area contributed by atoms with E-state index < -0.39 is 0 Å². The molecule has 0 saturated carbocycles. The first-order valence-electron chi connectivity index (χ1n) is 7.57. The van der Waals surface area contributed by atoms with Crippen molar-refractivity contribution in [3.8, 4) is 0 Å². The van der Waals surface area contributed by atoms with Crippen LogP contribution in [0.5, 0.6) is 0 Å². The van der Waals surface area contributed by atoms with Gasteiger partial charge in [-0.3, -0.25) is 4.90 Å². The maximum absolute atomic E-state index is 6.10. The number of likely N-dealkylation sites (tertiary alicyclic amines) is 1. The van der Waals surface area contributed by atoms with Crippen LogP contribution in [-0.2, 0) is 0 Å². The molecule has 0 bridgehead atoms. The molecule has 2 atom stereocenters. The molecule has 1 aromatic heterocycles. The lowest BCUT2D eigenvalue weighted by atomic mass is 9.89. The molecule has 2 heterocycles. The third kappa shape index (κ3) is 3.21. The highest BCUT2D eigenvalue weighted by Gasteiger charge is 2.33. The zero-order chi connectivity index (χ0) is 14.0. The Kier molecular flexibility index (Phi) is 5.04. The van der Waals surface area contributed by atoms with Gasteiger partial charge in [0.15, 0.2) is 0 Å². The first-order chi connectivity index (χ1) is 9.04. The number of rotatable bonds is 3. The largest absolute Gasteiger partial charge is 0.330 e. The topological polar surface area (TPSA) is 29.3 Å². The number of nitrogens with two attached hydrogens (primary N) is 1. The third-order valence-corrected chi connectivity index (χ3v) is 5.39. The standard InChI is InChI=1S/C16H28N2S/c1-11(2)18-8-6-5-7-14(10-17)16(18)15-9-12(3)19-13(15)4/h9,11,14,16H,5-8,10,17H2,1-4H3. The molecule has 0 aliphatic carbocycles. The molecule has 0 radical (unpaired) electrons. The number of thiophene rings is 1. The van der Waals surface area contributed by atoms with Crippen LogP contribution in [0.3, 0.4) is 0 Å². The van der Waals surface area contributed by atoms with Crippen molar-refractivity contribution in [2.45, 2.75) is 59.0 Å². The summed E-state index contributed by atoms with van der Waals surface area (Å²) in [5.41, 5.74) is 7.63. The summed E-state index contributed by atoms with van der Waals surface area (Å²) in [7, 11) is 0. The molecule has 1 fully saturated rings. The minimum Gasteiger partial charge on any atom is -0.330 e. The second-order valence-corrected chi connectivity index (χ2v) is 7.60. The number of hydrogen-bond acceptors (Lipinski definition) is 3. The highest BCUT2D eigenvalue weighted by Crippen LogP contribution is 2.39. The third-order valence-electron chi connectivity index (χ3n) is 4.41. The van der Waals surface area contributed by atoms with E-state index in [9.17, 15) is 0 Å². The highest BCUT2D eigenvalue weighted by molar-refractivity contribution is 7.12. The Bertz CT molecular complexity index is 411. The molecule has 1 aliphatic heterocycles. The van der Waals surface area contributed by atoms with Crippen molar-refractivity contribution in [3.05, 3.63) is 21.4 Å². The van der Waals surface area contributed by atoms with Gasteiger partial charge < -0.3 is 5.73 Å². The fourth-order valence-electron chi connectivity index (χ4n) is 3.47. The Labute approximate surface area is 122 Å². The molecule has 2 rings (SSSR count). The summed E-state index contributed by atoms with van der Waals surface area (Å²) in [6, 6.07) is 3.52. The van der Waals surface area contributed by atoms with Crippen LogP contribution in [0.4, 0.5) is 0 Å². The molecule has 2 unspecified atom stereocenters. The normalized spacial score (nSPS) is 25.8. The van der Waals surface area contributed by atoms with Crippen molar-refractivity contribution in [1.82, 2.24) is 4.90 Å². The van der Waals surface area contributed by atoms with Crippen molar-refractivity contribution in [1.29, 1.82) is 0 Å². The molecule has 1 aromatic rings. The lowest BCUT2D eigenvalue weighted by molar-refractivity contribution is 0.121. The van der Waals surface area contributed by atoms with Crippen molar-refractivity contribution in [2.24, 2.45) is 11.7 Å². The fourth-order valence-corrected chi connectivity index (χ4v) is 4.44. The second-order valence-electron chi connectivity index (χ2n) is 6.14. The van der Waals surface area contributed by atoms with Gasteiger partial charge in [0.05, 0.1) is 0 Å². The van der Waals surface area contributed by atoms with E-state index in [1.54, 1.807) is 0 Å². The van der Waals surface area contributed by atoms with Crippen molar-refractivity contribution in [2.75, 3.05) is 13.1 Å². The van der Waals surface area contributed by atoms with Crippen molar-refractivity contribution < 1.29 is 0 Å². The van der Waals surface area contributed by atoms with Gasteiger partial charge in [-0.1, -0.05) is 6.42 Å². The molecule has 2 nitrogen and oxygen atoms in total. The van der Waals surface area contributed by atoms with Crippen LogP contribution < -0.4 is 5.73 Å². The van der Waals surface area contributed by atoms with E-state index in [-0.39, 0.29) is 0 Å². The van der Waals surface area contributed by atoms with Crippen LogP contribution in [-0.4, -0.2) is 24.0 Å². The molecule has 108 valence electrons. The van der Waals surface area contributed by atoms with Gasteiger partial charge in [0.25, 0.3) is 0 Å². The summed E-state index contributed by atoms with van der Waals surface area (Å²) >= 11 is 1.93. The Morgan fingerprint density at radius 1 is 1.37 bits per heavy atom. The maximum Gasteiger partial charge on any atom is 0.0402 e. The Hall–Kier alpha value is -0.380. The van der Waals surface area contributed by atoms with E-state index in [4.69, 9.17) is 5.73 Å². The molecule has 0 aromatic carbocycles. The molecule has 0 amide bonds. The summed E-state index contributed by atoms with van der Waals surface area (Å²) in [5, 5.41) is 0. The van der Waals surface area contributed by atoms with Gasteiger partial charge in [-0.15, -0.1) is 11.3 Å². The number of nitrogens with zero attached hydrogens (tertiary/aromatic N) is 1. The van der Waals surface area contributed by atoms with Gasteiger partial charge in [0.2, 0.25) is 0 Å². The van der Waals surface area contributed by atoms with E-state index in [1.165, 1.54) is 41.1 Å². The van der Waals surface area contributed by atoms with E-state index in [0.29, 0.717) is 18.0 Å². The number of aryl methyl sites for hydroxylation is 2. The van der Waals surface area contributed by atoms with Gasteiger partial charge in [0.1, 0.15) is 0 Å². The van der Waals surface area contributed by atoms with Crippen molar-refractivity contribution in [3.63, 3.8) is 0 Å². The molecule has 3 heteroatoms. The minimum atomic E-state index is 0.525. The first kappa shape index (κ1) is 15.0. The average molecular weight is 280 g/mol. The van der Waals surface area contributed by atoms with Crippen LogP contribution in [0.1, 0.15) is 54.5 Å². The Balaban J connectivity index is 2.40. The summed E-state index contributed by atoms with van der Waals surface area (Å²) in [6.45, 7) is 11.1.